The summed E-state index contributed by atoms with van der Waals surface area (Å²) in [5, 5.41) is 24.1. The van der Waals surface area contributed by atoms with Crippen molar-refractivity contribution in [1.29, 1.82) is 0 Å². The number of nitrogens with one attached hydrogen (secondary N) is 1. The quantitative estimate of drug-likeness (QED) is 0.280. The predicted octanol–water partition coefficient (Wildman–Crippen LogP) is 5.72. The Bertz CT molecular complexity index is 1120. The van der Waals surface area contributed by atoms with Gasteiger partial charge in [0, 0.05) is 29.5 Å². The summed E-state index contributed by atoms with van der Waals surface area (Å²) in [5.74, 6) is -0.500. The molecule has 0 aliphatic heterocycles. The van der Waals surface area contributed by atoms with Crippen molar-refractivity contribution in [2.45, 2.75) is 0 Å². The topological polar surface area (TPSA) is 105 Å². The van der Waals surface area contributed by atoms with Crippen LogP contribution < -0.4 is 5.32 Å². The first kappa shape index (κ1) is 20.5. The minimum Gasteiger partial charge on any atom is -0.506 e. The fraction of sp³-hybridized carbons (Fsp3) is 0. The van der Waals surface area contributed by atoms with E-state index >= 15 is 0 Å². The van der Waals surface area contributed by atoms with E-state index in [-0.39, 0.29) is 27.4 Å². The molecule has 3 rings (SSSR count). The maximum Gasteiger partial charge on any atom is 0.271 e. The molecule has 0 spiro atoms. The Morgan fingerprint density at radius 1 is 1.17 bits per heavy atom. The summed E-state index contributed by atoms with van der Waals surface area (Å²) in [6, 6.07) is 15.8. The summed E-state index contributed by atoms with van der Waals surface area (Å²) in [6.45, 7) is 0. The molecule has 2 N–H and O–H groups in total. The molecule has 0 aromatic heterocycles. The Labute approximate surface area is 179 Å². The molecule has 0 radical (unpaired) electrons. The number of aliphatic imine (C=N–C) groups is 1. The van der Waals surface area contributed by atoms with Gasteiger partial charge in [-0.2, -0.15) is 0 Å². The monoisotopic (exact) mass is 473 g/mol. The van der Waals surface area contributed by atoms with Gasteiger partial charge in [-0.15, -0.1) is 0 Å². The molecule has 0 aliphatic rings. The molecular weight excluding hydrogens is 462 g/mol. The second-order valence-corrected chi connectivity index (χ2v) is 7.13. The van der Waals surface area contributed by atoms with Crippen LogP contribution >= 0.6 is 27.5 Å². The van der Waals surface area contributed by atoms with Crippen molar-refractivity contribution in [3.8, 4) is 5.75 Å². The molecular formula is C20H13BrClN3O4. The molecule has 146 valence electrons. The third-order valence-corrected chi connectivity index (χ3v) is 4.81. The molecule has 1 amide bonds. The van der Waals surface area contributed by atoms with E-state index in [0.717, 1.165) is 0 Å². The molecule has 3 aromatic carbocycles. The minimum absolute atomic E-state index is 0.163. The zero-order valence-electron chi connectivity index (χ0n) is 14.7. The number of carbonyl (C=O) groups excluding carboxylic acids is 1. The Hall–Kier alpha value is -3.23. The van der Waals surface area contributed by atoms with E-state index in [4.69, 9.17) is 11.6 Å². The van der Waals surface area contributed by atoms with Crippen molar-refractivity contribution in [2.75, 3.05) is 5.32 Å². The third-order valence-electron chi connectivity index (χ3n) is 3.88. The van der Waals surface area contributed by atoms with E-state index in [0.29, 0.717) is 22.0 Å². The van der Waals surface area contributed by atoms with Crippen molar-refractivity contribution in [3.05, 3.63) is 91.4 Å². The smallest absolute Gasteiger partial charge is 0.271 e. The highest BCUT2D eigenvalue weighted by Gasteiger charge is 2.14. The highest BCUT2D eigenvalue weighted by molar-refractivity contribution is 9.10. The van der Waals surface area contributed by atoms with Crippen LogP contribution in [-0.4, -0.2) is 22.2 Å². The zero-order chi connectivity index (χ0) is 21.0. The lowest BCUT2D eigenvalue weighted by molar-refractivity contribution is -0.385. The van der Waals surface area contributed by atoms with Crippen LogP contribution in [0.4, 0.5) is 17.1 Å². The van der Waals surface area contributed by atoms with Gasteiger partial charge < -0.3 is 10.4 Å². The maximum atomic E-state index is 12.3. The number of hydrogen-bond acceptors (Lipinski definition) is 5. The van der Waals surface area contributed by atoms with Crippen LogP contribution in [0.1, 0.15) is 15.9 Å². The van der Waals surface area contributed by atoms with Crippen LogP contribution in [0.2, 0.25) is 5.02 Å². The lowest BCUT2D eigenvalue weighted by Gasteiger charge is -2.08. The van der Waals surface area contributed by atoms with E-state index < -0.39 is 4.92 Å². The Morgan fingerprint density at radius 3 is 2.59 bits per heavy atom. The molecule has 3 aromatic rings. The molecule has 0 saturated carbocycles. The number of carbonyl (C=O) groups is 1. The van der Waals surface area contributed by atoms with Crippen LogP contribution in [0.15, 0.2) is 70.1 Å². The van der Waals surface area contributed by atoms with Crippen molar-refractivity contribution in [2.24, 2.45) is 4.99 Å². The molecule has 0 saturated heterocycles. The second-order valence-electron chi connectivity index (χ2n) is 5.87. The molecule has 0 aliphatic carbocycles. The summed E-state index contributed by atoms with van der Waals surface area (Å²) >= 11 is 9.24. The maximum absolute atomic E-state index is 12.3. The van der Waals surface area contributed by atoms with E-state index in [1.54, 1.807) is 48.5 Å². The highest BCUT2D eigenvalue weighted by atomic mass is 79.9. The van der Waals surface area contributed by atoms with Gasteiger partial charge in [0.1, 0.15) is 5.75 Å². The first-order valence-corrected chi connectivity index (χ1v) is 9.39. The van der Waals surface area contributed by atoms with Gasteiger partial charge in [-0.3, -0.25) is 19.9 Å². The predicted molar refractivity (Wildman–Crippen MR) is 116 cm³/mol. The third kappa shape index (κ3) is 4.98. The molecule has 0 fully saturated rings. The Morgan fingerprint density at radius 2 is 1.90 bits per heavy atom. The number of aromatic hydroxyl groups is 1. The van der Waals surface area contributed by atoms with E-state index in [2.05, 4.69) is 26.2 Å². The van der Waals surface area contributed by atoms with Gasteiger partial charge in [0.25, 0.3) is 11.6 Å². The summed E-state index contributed by atoms with van der Waals surface area (Å²) < 4.78 is 0.181. The molecule has 9 heteroatoms. The number of non-ortho nitro benzene ring substituents is 1. The van der Waals surface area contributed by atoms with E-state index in [1.165, 1.54) is 18.3 Å². The number of nitro groups is 1. The number of rotatable bonds is 5. The van der Waals surface area contributed by atoms with Crippen LogP contribution in [0, 0.1) is 10.1 Å². The number of nitrogens with zero attached hydrogens (tertiary/aromatic N) is 2. The SMILES string of the molecule is O=C(Nc1cc(N=Cc2cc([N+](=O)[O-])cc(Br)c2O)ccc1Cl)c1ccccc1. The molecule has 0 heterocycles. The highest BCUT2D eigenvalue weighted by Crippen LogP contribution is 2.32. The number of benzene rings is 3. The van der Waals surface area contributed by atoms with E-state index in [1.807, 2.05) is 0 Å². The summed E-state index contributed by atoms with van der Waals surface area (Å²) in [6.07, 6.45) is 1.29. The standard InChI is InChI=1S/C20H13BrClN3O4/c21-16-10-15(25(28)29)8-13(19(16)26)11-23-14-6-7-17(22)18(9-14)24-20(27)12-4-2-1-3-5-12/h1-11,26H,(H,24,27). The number of amides is 1. The fourth-order valence-corrected chi connectivity index (χ4v) is 3.05. The number of halogens is 2. The van der Waals surface area contributed by atoms with Crippen molar-refractivity contribution in [3.63, 3.8) is 0 Å². The molecule has 29 heavy (non-hydrogen) atoms. The number of hydrogen-bond donors (Lipinski definition) is 2. The van der Waals surface area contributed by atoms with E-state index in [9.17, 15) is 20.0 Å². The van der Waals surface area contributed by atoms with Crippen LogP contribution in [-0.2, 0) is 0 Å². The van der Waals surface area contributed by atoms with Crippen molar-refractivity contribution < 1.29 is 14.8 Å². The molecule has 0 bridgehead atoms. The summed E-state index contributed by atoms with van der Waals surface area (Å²) in [7, 11) is 0. The first-order chi connectivity index (χ1) is 13.8. The van der Waals surface area contributed by atoms with Gasteiger partial charge in [-0.25, -0.2) is 0 Å². The Kier molecular flexibility index (Phi) is 6.26. The lowest BCUT2D eigenvalue weighted by atomic mass is 10.2. The van der Waals surface area contributed by atoms with Gasteiger partial charge in [-0.1, -0.05) is 29.8 Å². The summed E-state index contributed by atoms with van der Waals surface area (Å²) in [5.41, 5.74) is 1.24. The number of nitro benzene ring substituents is 1. The normalized spacial score (nSPS) is 10.8. The minimum atomic E-state index is -0.568. The molecule has 0 atom stereocenters. The van der Waals surface area contributed by atoms with Crippen LogP contribution in [0.3, 0.4) is 0 Å². The first-order valence-electron chi connectivity index (χ1n) is 8.22. The van der Waals surface area contributed by atoms with Gasteiger partial charge in [-0.05, 0) is 46.3 Å². The van der Waals surface area contributed by atoms with Crippen molar-refractivity contribution in [1.82, 2.24) is 0 Å². The Balaban J connectivity index is 1.87. The van der Waals surface area contributed by atoms with Gasteiger partial charge >= 0.3 is 0 Å². The van der Waals surface area contributed by atoms with Gasteiger partial charge in [0.05, 0.1) is 25.8 Å². The molecule has 7 nitrogen and oxygen atoms in total. The largest absolute Gasteiger partial charge is 0.506 e. The van der Waals surface area contributed by atoms with Gasteiger partial charge in [0.15, 0.2) is 0 Å². The molecule has 0 unspecified atom stereocenters. The average Bonchev–Trinajstić information content (AvgIpc) is 2.71. The second kappa shape index (κ2) is 8.85. The number of phenols is 1. The van der Waals surface area contributed by atoms with Gasteiger partial charge in [0.2, 0.25) is 0 Å². The number of phenolic OH excluding ortho intramolecular Hbond substituents is 1. The zero-order valence-corrected chi connectivity index (χ0v) is 17.0. The fourth-order valence-electron chi connectivity index (χ4n) is 2.43. The van der Waals surface area contributed by atoms with Crippen molar-refractivity contribution >= 4 is 56.7 Å². The lowest BCUT2D eigenvalue weighted by Crippen LogP contribution is -2.11. The average molecular weight is 475 g/mol. The van der Waals surface area contributed by atoms with Crippen LogP contribution in [0.25, 0.3) is 0 Å². The summed E-state index contributed by atoms with van der Waals surface area (Å²) in [4.78, 5) is 27.0. The van der Waals surface area contributed by atoms with Crippen LogP contribution in [0.5, 0.6) is 5.75 Å². The number of anilines is 1.